The highest BCUT2D eigenvalue weighted by atomic mass is 127. The Morgan fingerprint density at radius 1 is 1.21 bits per heavy atom. The summed E-state index contributed by atoms with van der Waals surface area (Å²) in [6.07, 6.45) is 1.72. The van der Waals surface area contributed by atoms with Gasteiger partial charge in [0.05, 0.1) is 33.9 Å². The van der Waals surface area contributed by atoms with Gasteiger partial charge in [0, 0.05) is 7.05 Å². The molecule has 1 saturated heterocycles. The summed E-state index contributed by atoms with van der Waals surface area (Å²) < 4.78 is 16.2. The highest BCUT2D eigenvalue weighted by Gasteiger charge is 2.30. The van der Waals surface area contributed by atoms with E-state index in [1.807, 2.05) is 0 Å². The second-order valence-electron chi connectivity index (χ2n) is 6.62. The molecule has 9 nitrogen and oxygen atoms in total. The number of hydrogen-bond acceptors (Lipinski definition) is 8. The zero-order valence-electron chi connectivity index (χ0n) is 17.8. The predicted molar refractivity (Wildman–Crippen MR) is 132 cm³/mol. The number of carboxylic acid groups (broad SMARTS) is 1. The van der Waals surface area contributed by atoms with E-state index < -0.39 is 11.9 Å². The highest BCUT2D eigenvalue weighted by Crippen LogP contribution is 2.37. The maximum atomic E-state index is 12.7. The first-order valence-electron chi connectivity index (χ1n) is 9.40. The molecule has 11 heteroatoms. The van der Waals surface area contributed by atoms with Gasteiger partial charge in [-0.1, -0.05) is 0 Å². The molecule has 1 aliphatic heterocycles. The van der Waals surface area contributed by atoms with E-state index in [4.69, 9.17) is 14.6 Å². The molecule has 0 bridgehead atoms. The standard InChI is InChI=1S/C22H19IN2O7S/c1-25-20(27)17(33-22(25)24-14-6-4-13(5-7-14)21(28)29)10-12-8-15(23)19(16(9-12)30-2)32-11-18(26)31-3/h4-10H,11H2,1-3H3,(H,28,29)/b17-10-,24-22?. The van der Waals surface area contributed by atoms with Crippen LogP contribution in [0.15, 0.2) is 46.3 Å². The summed E-state index contributed by atoms with van der Waals surface area (Å²) in [4.78, 5) is 41.5. The van der Waals surface area contributed by atoms with E-state index in [2.05, 4.69) is 32.3 Å². The van der Waals surface area contributed by atoms with E-state index in [0.717, 1.165) is 0 Å². The number of aliphatic imine (C=N–C) groups is 1. The number of hydrogen-bond donors (Lipinski definition) is 1. The fourth-order valence-corrected chi connectivity index (χ4v) is 4.51. The van der Waals surface area contributed by atoms with Crippen LogP contribution < -0.4 is 9.47 Å². The second-order valence-corrected chi connectivity index (χ2v) is 8.79. The molecule has 1 N–H and O–H groups in total. The Morgan fingerprint density at radius 3 is 2.52 bits per heavy atom. The van der Waals surface area contributed by atoms with Crippen LogP contribution in [-0.4, -0.2) is 60.9 Å². The minimum absolute atomic E-state index is 0.158. The van der Waals surface area contributed by atoms with Crippen LogP contribution in [-0.2, 0) is 14.3 Å². The lowest BCUT2D eigenvalue weighted by atomic mass is 10.2. The van der Waals surface area contributed by atoms with Crippen LogP contribution in [0.4, 0.5) is 5.69 Å². The van der Waals surface area contributed by atoms with Crippen LogP contribution in [0, 0.1) is 3.57 Å². The topological polar surface area (TPSA) is 115 Å². The van der Waals surface area contributed by atoms with E-state index >= 15 is 0 Å². The van der Waals surface area contributed by atoms with Gasteiger partial charge in [-0.3, -0.25) is 9.69 Å². The molecule has 0 radical (unpaired) electrons. The molecular formula is C22H19IN2O7S. The molecule has 1 heterocycles. The Balaban J connectivity index is 1.85. The molecule has 2 aromatic rings. The van der Waals surface area contributed by atoms with Gasteiger partial charge in [0.1, 0.15) is 0 Å². The normalized spacial score (nSPS) is 15.8. The number of carbonyl (C=O) groups is 3. The van der Waals surface area contributed by atoms with Crippen molar-refractivity contribution in [2.75, 3.05) is 27.9 Å². The molecule has 0 aromatic heterocycles. The molecule has 0 aliphatic carbocycles. The fourth-order valence-electron chi connectivity index (χ4n) is 2.75. The number of thioether (sulfide) groups is 1. The number of halogens is 1. The average molecular weight is 582 g/mol. The van der Waals surface area contributed by atoms with Crippen molar-refractivity contribution in [3.05, 3.63) is 56.0 Å². The molecule has 3 rings (SSSR count). The van der Waals surface area contributed by atoms with E-state index in [1.165, 1.54) is 43.0 Å². The number of carboxylic acids is 1. The van der Waals surface area contributed by atoms with Crippen LogP contribution in [0.5, 0.6) is 11.5 Å². The Hall–Kier alpha value is -3.06. The van der Waals surface area contributed by atoms with Gasteiger partial charge in [0.25, 0.3) is 5.91 Å². The van der Waals surface area contributed by atoms with Gasteiger partial charge in [-0.25, -0.2) is 14.6 Å². The largest absolute Gasteiger partial charge is 0.493 e. The van der Waals surface area contributed by atoms with Crippen molar-refractivity contribution in [3.63, 3.8) is 0 Å². The van der Waals surface area contributed by atoms with Gasteiger partial charge < -0.3 is 19.3 Å². The first-order chi connectivity index (χ1) is 15.7. The zero-order valence-corrected chi connectivity index (χ0v) is 20.8. The smallest absolute Gasteiger partial charge is 0.343 e. The monoisotopic (exact) mass is 582 g/mol. The SMILES string of the molecule is COC(=O)COc1c(I)cc(/C=C2\SC(=Nc3ccc(C(=O)O)cc3)N(C)C2=O)cc1OC. The molecule has 0 saturated carbocycles. The lowest BCUT2D eigenvalue weighted by Gasteiger charge is -2.13. The molecule has 1 amide bonds. The summed E-state index contributed by atoms with van der Waals surface area (Å²) in [6.45, 7) is -0.254. The maximum Gasteiger partial charge on any atom is 0.343 e. The van der Waals surface area contributed by atoms with Gasteiger partial charge in [0.15, 0.2) is 23.3 Å². The molecule has 2 aromatic carbocycles. The molecular weight excluding hydrogens is 563 g/mol. The van der Waals surface area contributed by atoms with Crippen LogP contribution in [0.3, 0.4) is 0 Å². The van der Waals surface area contributed by atoms with Crippen molar-refractivity contribution in [3.8, 4) is 11.5 Å². The summed E-state index contributed by atoms with van der Waals surface area (Å²) in [7, 11) is 4.38. The summed E-state index contributed by atoms with van der Waals surface area (Å²) in [5.74, 6) is -0.941. The van der Waals surface area contributed by atoms with Gasteiger partial charge in [-0.2, -0.15) is 0 Å². The number of rotatable bonds is 7. The minimum atomic E-state index is -1.02. The van der Waals surface area contributed by atoms with Crippen molar-refractivity contribution in [1.82, 2.24) is 4.90 Å². The Morgan fingerprint density at radius 2 is 1.91 bits per heavy atom. The van der Waals surface area contributed by atoms with E-state index in [1.54, 1.807) is 37.4 Å². The van der Waals surface area contributed by atoms with Crippen LogP contribution in [0.2, 0.25) is 0 Å². The number of methoxy groups -OCH3 is 2. The predicted octanol–water partition coefficient (Wildman–Crippen LogP) is 3.78. The third-order valence-electron chi connectivity index (χ3n) is 4.45. The van der Waals surface area contributed by atoms with Gasteiger partial charge in [-0.05, 0) is 82.4 Å². The van der Waals surface area contributed by atoms with E-state index in [9.17, 15) is 14.4 Å². The maximum absolute atomic E-state index is 12.7. The first-order valence-corrected chi connectivity index (χ1v) is 11.3. The summed E-state index contributed by atoms with van der Waals surface area (Å²) >= 11 is 3.27. The summed E-state index contributed by atoms with van der Waals surface area (Å²) in [5, 5.41) is 9.48. The molecule has 0 unspecified atom stereocenters. The van der Waals surface area contributed by atoms with Crippen LogP contribution in [0.25, 0.3) is 6.08 Å². The summed E-state index contributed by atoms with van der Waals surface area (Å²) in [6, 6.07) is 9.58. The molecule has 33 heavy (non-hydrogen) atoms. The zero-order chi connectivity index (χ0) is 24.1. The second kappa shape index (κ2) is 10.7. The lowest BCUT2D eigenvalue weighted by Crippen LogP contribution is -2.23. The molecule has 172 valence electrons. The Kier molecular flexibility index (Phi) is 7.97. The molecule has 0 spiro atoms. The Bertz CT molecular complexity index is 1160. The number of esters is 1. The fraction of sp³-hybridized carbons (Fsp3) is 0.182. The number of nitrogens with zero attached hydrogens (tertiary/aromatic N) is 2. The number of amides is 1. The third kappa shape index (κ3) is 5.85. The van der Waals surface area contributed by atoms with E-state index in [0.29, 0.717) is 36.4 Å². The summed E-state index contributed by atoms with van der Waals surface area (Å²) in [5.41, 5.74) is 1.40. The highest BCUT2D eigenvalue weighted by molar-refractivity contribution is 14.1. The number of carbonyl (C=O) groups excluding carboxylic acids is 2. The number of likely N-dealkylation sites (N-methyl/N-ethyl adjacent to an activating group) is 1. The van der Waals surface area contributed by atoms with Crippen LogP contribution in [0.1, 0.15) is 15.9 Å². The third-order valence-corrected chi connectivity index (χ3v) is 6.32. The lowest BCUT2D eigenvalue weighted by molar-refractivity contribution is -0.143. The molecule has 1 aliphatic rings. The van der Waals surface area contributed by atoms with Gasteiger partial charge in [-0.15, -0.1) is 0 Å². The van der Waals surface area contributed by atoms with Crippen molar-refractivity contribution in [2.45, 2.75) is 0 Å². The number of benzene rings is 2. The van der Waals surface area contributed by atoms with Crippen molar-refractivity contribution in [1.29, 1.82) is 0 Å². The molecule has 1 fully saturated rings. The number of ether oxygens (including phenoxy) is 3. The average Bonchev–Trinajstić information content (AvgIpc) is 3.05. The van der Waals surface area contributed by atoms with Crippen LogP contribution >= 0.6 is 34.4 Å². The van der Waals surface area contributed by atoms with Crippen molar-refractivity contribution < 1.29 is 33.7 Å². The quantitative estimate of drug-likeness (QED) is 0.298. The number of aromatic carboxylic acids is 1. The van der Waals surface area contributed by atoms with Crippen molar-refractivity contribution >= 4 is 69.1 Å². The van der Waals surface area contributed by atoms with E-state index in [-0.39, 0.29) is 18.1 Å². The first kappa shape index (κ1) is 24.6. The number of amidine groups is 1. The van der Waals surface area contributed by atoms with Crippen molar-refractivity contribution in [2.24, 2.45) is 4.99 Å². The molecule has 0 atom stereocenters. The minimum Gasteiger partial charge on any atom is -0.493 e. The Labute approximate surface area is 207 Å². The van der Waals surface area contributed by atoms with Gasteiger partial charge >= 0.3 is 11.9 Å². The van der Waals surface area contributed by atoms with Gasteiger partial charge in [0.2, 0.25) is 0 Å².